The summed E-state index contributed by atoms with van der Waals surface area (Å²) in [5.41, 5.74) is 5.72. The fourth-order valence-corrected chi connectivity index (χ4v) is 3.64. The first-order chi connectivity index (χ1) is 13.0. The summed E-state index contributed by atoms with van der Waals surface area (Å²) < 4.78 is 0. The lowest BCUT2D eigenvalue weighted by molar-refractivity contribution is -0.128. The molecule has 1 aliphatic rings. The standard InChI is InChI=1S/C22H23N3O2/c1-14-15(2)23-20-9-8-17(12-19(14)20)22(27)24-18-6-3-5-16(11-18)13-25-10-4-7-21(25)26/h3,5-6,8-9,11-12,23H,4,7,10,13H2,1-2H3,(H,24,27). The molecule has 5 nitrogen and oxygen atoms in total. The molecule has 0 aliphatic carbocycles. The second-order valence-electron chi connectivity index (χ2n) is 7.21. The van der Waals surface area contributed by atoms with Gasteiger partial charge in [0, 0.05) is 47.4 Å². The Morgan fingerprint density at radius 2 is 2.04 bits per heavy atom. The number of anilines is 1. The maximum Gasteiger partial charge on any atom is 0.255 e. The largest absolute Gasteiger partial charge is 0.358 e. The Morgan fingerprint density at radius 1 is 1.19 bits per heavy atom. The maximum absolute atomic E-state index is 12.7. The monoisotopic (exact) mass is 361 g/mol. The van der Waals surface area contributed by atoms with E-state index in [0.29, 0.717) is 18.5 Å². The highest BCUT2D eigenvalue weighted by Gasteiger charge is 2.20. The van der Waals surface area contributed by atoms with E-state index in [4.69, 9.17) is 0 Å². The van der Waals surface area contributed by atoms with Crippen molar-refractivity contribution < 1.29 is 9.59 Å². The van der Waals surface area contributed by atoms with Gasteiger partial charge in [0.2, 0.25) is 5.91 Å². The Labute approximate surface area is 158 Å². The topological polar surface area (TPSA) is 65.2 Å². The van der Waals surface area contributed by atoms with E-state index in [9.17, 15) is 9.59 Å². The number of aromatic amines is 1. The minimum absolute atomic E-state index is 0.135. The van der Waals surface area contributed by atoms with Gasteiger partial charge in [-0.05, 0) is 61.7 Å². The van der Waals surface area contributed by atoms with Crippen molar-refractivity contribution in [1.29, 1.82) is 0 Å². The predicted octanol–water partition coefficient (Wildman–Crippen LogP) is 4.16. The van der Waals surface area contributed by atoms with Crippen LogP contribution in [0, 0.1) is 13.8 Å². The van der Waals surface area contributed by atoms with Gasteiger partial charge in [-0.25, -0.2) is 0 Å². The van der Waals surface area contributed by atoms with Gasteiger partial charge < -0.3 is 15.2 Å². The van der Waals surface area contributed by atoms with Crippen LogP contribution in [0.15, 0.2) is 42.5 Å². The zero-order valence-electron chi connectivity index (χ0n) is 15.6. The predicted molar refractivity (Wildman–Crippen MR) is 107 cm³/mol. The molecule has 0 spiro atoms. The van der Waals surface area contributed by atoms with Crippen molar-refractivity contribution in [3.63, 3.8) is 0 Å². The average Bonchev–Trinajstić information content (AvgIpc) is 3.18. The van der Waals surface area contributed by atoms with E-state index in [0.717, 1.165) is 46.4 Å². The van der Waals surface area contributed by atoms with Crippen LogP contribution in [0.1, 0.15) is 40.0 Å². The number of aryl methyl sites for hydroxylation is 2. The van der Waals surface area contributed by atoms with Crippen LogP contribution in [0.3, 0.4) is 0 Å². The highest BCUT2D eigenvalue weighted by Crippen LogP contribution is 2.23. The molecule has 1 saturated heterocycles. The van der Waals surface area contributed by atoms with Gasteiger partial charge in [-0.2, -0.15) is 0 Å². The van der Waals surface area contributed by atoms with Crippen LogP contribution < -0.4 is 5.32 Å². The molecule has 27 heavy (non-hydrogen) atoms. The number of hydrogen-bond acceptors (Lipinski definition) is 2. The molecule has 4 rings (SSSR count). The van der Waals surface area contributed by atoms with Crippen molar-refractivity contribution in [3.8, 4) is 0 Å². The van der Waals surface area contributed by atoms with Gasteiger partial charge in [-0.3, -0.25) is 9.59 Å². The summed E-state index contributed by atoms with van der Waals surface area (Å²) in [6.07, 6.45) is 1.56. The lowest BCUT2D eigenvalue weighted by Crippen LogP contribution is -2.23. The van der Waals surface area contributed by atoms with Crippen LogP contribution in [0.4, 0.5) is 5.69 Å². The Kier molecular flexibility index (Phi) is 4.44. The van der Waals surface area contributed by atoms with E-state index >= 15 is 0 Å². The fraction of sp³-hybridized carbons (Fsp3) is 0.273. The number of nitrogens with one attached hydrogen (secondary N) is 2. The summed E-state index contributed by atoms with van der Waals surface area (Å²) in [4.78, 5) is 29.7. The third kappa shape index (κ3) is 3.45. The van der Waals surface area contributed by atoms with E-state index in [1.165, 1.54) is 0 Å². The molecule has 1 aromatic heterocycles. The summed E-state index contributed by atoms with van der Waals surface area (Å²) in [7, 11) is 0. The first-order valence-electron chi connectivity index (χ1n) is 9.28. The van der Waals surface area contributed by atoms with E-state index in [-0.39, 0.29) is 11.8 Å². The third-order valence-corrected chi connectivity index (χ3v) is 5.30. The summed E-state index contributed by atoms with van der Waals surface area (Å²) in [5.74, 6) is 0.0689. The van der Waals surface area contributed by atoms with E-state index in [1.807, 2.05) is 54.3 Å². The quantitative estimate of drug-likeness (QED) is 0.733. The highest BCUT2D eigenvalue weighted by molar-refractivity contribution is 6.06. The lowest BCUT2D eigenvalue weighted by Gasteiger charge is -2.16. The number of fused-ring (bicyclic) bond motifs is 1. The number of amides is 2. The first kappa shape index (κ1) is 17.3. The summed E-state index contributed by atoms with van der Waals surface area (Å²) in [6, 6.07) is 13.4. The van der Waals surface area contributed by atoms with Crippen molar-refractivity contribution >= 4 is 28.4 Å². The van der Waals surface area contributed by atoms with Crippen LogP contribution in [0.2, 0.25) is 0 Å². The number of carbonyl (C=O) groups is 2. The minimum Gasteiger partial charge on any atom is -0.358 e. The molecule has 0 saturated carbocycles. The number of H-pyrrole nitrogens is 1. The SMILES string of the molecule is Cc1[nH]c2ccc(C(=O)Nc3cccc(CN4CCCC4=O)c3)cc2c1C. The van der Waals surface area contributed by atoms with Crippen molar-refractivity contribution in [2.75, 3.05) is 11.9 Å². The first-order valence-corrected chi connectivity index (χ1v) is 9.28. The van der Waals surface area contributed by atoms with Gasteiger partial charge in [0.1, 0.15) is 0 Å². The van der Waals surface area contributed by atoms with E-state index < -0.39 is 0 Å². The summed E-state index contributed by atoms with van der Waals surface area (Å²) in [6.45, 7) is 5.49. The molecule has 2 N–H and O–H groups in total. The van der Waals surface area contributed by atoms with Gasteiger partial charge in [0.05, 0.1) is 0 Å². The van der Waals surface area contributed by atoms with Crippen LogP contribution in [0.25, 0.3) is 10.9 Å². The molecular weight excluding hydrogens is 338 g/mol. The third-order valence-electron chi connectivity index (χ3n) is 5.30. The highest BCUT2D eigenvalue weighted by atomic mass is 16.2. The Hall–Kier alpha value is -3.08. The average molecular weight is 361 g/mol. The normalized spacial score (nSPS) is 14.1. The minimum atomic E-state index is -0.135. The van der Waals surface area contributed by atoms with Crippen molar-refractivity contribution in [1.82, 2.24) is 9.88 Å². The molecule has 0 atom stereocenters. The van der Waals surface area contributed by atoms with Crippen molar-refractivity contribution in [2.45, 2.75) is 33.2 Å². The van der Waals surface area contributed by atoms with Crippen LogP contribution in [-0.4, -0.2) is 28.2 Å². The number of nitrogens with zero attached hydrogens (tertiary/aromatic N) is 1. The number of benzene rings is 2. The number of aromatic nitrogens is 1. The molecule has 3 aromatic rings. The van der Waals surface area contributed by atoms with Gasteiger partial charge in [-0.1, -0.05) is 12.1 Å². The van der Waals surface area contributed by atoms with Crippen molar-refractivity contribution in [2.24, 2.45) is 0 Å². The van der Waals surface area contributed by atoms with Crippen LogP contribution in [0.5, 0.6) is 0 Å². The molecule has 2 heterocycles. The van der Waals surface area contributed by atoms with Crippen LogP contribution in [-0.2, 0) is 11.3 Å². The molecule has 0 bridgehead atoms. The van der Waals surface area contributed by atoms with Gasteiger partial charge in [-0.15, -0.1) is 0 Å². The molecule has 0 radical (unpaired) electrons. The second kappa shape index (κ2) is 6.91. The maximum atomic E-state index is 12.7. The lowest BCUT2D eigenvalue weighted by atomic mass is 10.1. The molecule has 1 aliphatic heterocycles. The zero-order valence-corrected chi connectivity index (χ0v) is 15.6. The second-order valence-corrected chi connectivity index (χ2v) is 7.21. The van der Waals surface area contributed by atoms with Crippen molar-refractivity contribution in [3.05, 3.63) is 64.8 Å². The van der Waals surface area contributed by atoms with Gasteiger partial charge in [0.25, 0.3) is 5.91 Å². The molecule has 1 fully saturated rings. The zero-order chi connectivity index (χ0) is 19.0. The van der Waals surface area contributed by atoms with E-state index in [2.05, 4.69) is 17.2 Å². The Bertz CT molecular complexity index is 1040. The van der Waals surface area contributed by atoms with Gasteiger partial charge in [0.15, 0.2) is 0 Å². The Balaban J connectivity index is 1.51. The number of rotatable bonds is 4. The van der Waals surface area contributed by atoms with Crippen LogP contribution >= 0.6 is 0 Å². The number of carbonyl (C=O) groups excluding carboxylic acids is 2. The van der Waals surface area contributed by atoms with Gasteiger partial charge >= 0.3 is 0 Å². The molecule has 2 amide bonds. The summed E-state index contributed by atoms with van der Waals surface area (Å²) >= 11 is 0. The number of hydrogen-bond donors (Lipinski definition) is 2. The number of likely N-dealkylation sites (tertiary alicyclic amines) is 1. The molecular formula is C22H23N3O2. The smallest absolute Gasteiger partial charge is 0.255 e. The fourth-order valence-electron chi connectivity index (χ4n) is 3.64. The molecule has 138 valence electrons. The molecule has 2 aromatic carbocycles. The summed E-state index contributed by atoms with van der Waals surface area (Å²) in [5, 5.41) is 4.04. The Morgan fingerprint density at radius 3 is 2.81 bits per heavy atom. The molecule has 5 heteroatoms. The van der Waals surface area contributed by atoms with E-state index in [1.54, 1.807) is 0 Å². The molecule has 0 unspecified atom stereocenters.